The fourth-order valence-corrected chi connectivity index (χ4v) is 3.08. The molecule has 0 heterocycles. The molecule has 1 fully saturated rings. The third kappa shape index (κ3) is 3.69. The molecule has 1 N–H and O–H groups in total. The van der Waals surface area contributed by atoms with Gasteiger partial charge in [-0.2, -0.15) is 0 Å². The Balaban J connectivity index is 2.16. The van der Waals surface area contributed by atoms with E-state index in [0.717, 1.165) is 25.7 Å². The molecule has 0 bridgehead atoms. The van der Waals surface area contributed by atoms with Crippen LogP contribution in [0, 0.1) is 17.7 Å². The van der Waals surface area contributed by atoms with Crippen LogP contribution in [0.15, 0.2) is 18.2 Å². The molecule has 0 spiro atoms. The summed E-state index contributed by atoms with van der Waals surface area (Å²) < 4.78 is 13.8. The van der Waals surface area contributed by atoms with E-state index in [9.17, 15) is 14.3 Å². The van der Waals surface area contributed by atoms with E-state index < -0.39 is 5.97 Å². The second-order valence-corrected chi connectivity index (χ2v) is 5.72. The molecule has 2 rings (SSSR count). The Morgan fingerprint density at radius 1 is 1.32 bits per heavy atom. The Morgan fingerprint density at radius 2 is 2.05 bits per heavy atom. The maximum Gasteiger partial charge on any atom is 0.306 e. The number of carboxylic acid groups (broad SMARTS) is 1. The lowest BCUT2D eigenvalue weighted by molar-refractivity contribution is -0.143. The quantitative estimate of drug-likeness (QED) is 0.840. The van der Waals surface area contributed by atoms with Crippen LogP contribution in [-0.2, 0) is 11.2 Å². The molecule has 1 aromatic rings. The molecule has 0 amide bonds. The van der Waals surface area contributed by atoms with Gasteiger partial charge in [-0.1, -0.05) is 36.9 Å². The monoisotopic (exact) mass is 284 g/mol. The van der Waals surface area contributed by atoms with Crippen molar-refractivity contribution in [1.29, 1.82) is 0 Å². The van der Waals surface area contributed by atoms with Crippen LogP contribution in [0.5, 0.6) is 0 Å². The molecule has 2 nitrogen and oxygen atoms in total. The normalized spacial score (nSPS) is 23.9. The van der Waals surface area contributed by atoms with Crippen LogP contribution in [0.3, 0.4) is 0 Å². The Labute approximate surface area is 117 Å². The number of hydrogen-bond acceptors (Lipinski definition) is 1. The van der Waals surface area contributed by atoms with E-state index in [1.165, 1.54) is 6.07 Å². The van der Waals surface area contributed by atoms with E-state index in [2.05, 4.69) is 0 Å². The van der Waals surface area contributed by atoms with Crippen molar-refractivity contribution in [2.24, 2.45) is 11.8 Å². The van der Waals surface area contributed by atoms with Crippen LogP contribution in [0.1, 0.15) is 37.7 Å². The van der Waals surface area contributed by atoms with Gasteiger partial charge in [-0.3, -0.25) is 4.79 Å². The van der Waals surface area contributed by atoms with Crippen molar-refractivity contribution >= 4 is 17.6 Å². The van der Waals surface area contributed by atoms with Gasteiger partial charge < -0.3 is 5.11 Å². The molecule has 0 saturated heterocycles. The maximum absolute atomic E-state index is 13.8. The summed E-state index contributed by atoms with van der Waals surface area (Å²) in [5.41, 5.74) is 0.572. The van der Waals surface area contributed by atoms with E-state index in [-0.39, 0.29) is 17.7 Å². The zero-order valence-electron chi connectivity index (χ0n) is 10.7. The minimum atomic E-state index is -0.749. The first-order valence-corrected chi connectivity index (χ1v) is 7.12. The smallest absolute Gasteiger partial charge is 0.306 e. The molecule has 0 radical (unpaired) electrons. The number of aliphatic carboxylic acids is 1. The van der Waals surface area contributed by atoms with Gasteiger partial charge in [0, 0.05) is 5.02 Å². The third-order valence-electron chi connectivity index (χ3n) is 3.97. The molecule has 1 aromatic carbocycles. The number of carboxylic acids is 1. The molecule has 0 aromatic heterocycles. The van der Waals surface area contributed by atoms with Crippen molar-refractivity contribution < 1.29 is 14.3 Å². The van der Waals surface area contributed by atoms with Crippen LogP contribution >= 0.6 is 11.6 Å². The lowest BCUT2D eigenvalue weighted by atomic mass is 9.83. The second-order valence-electron chi connectivity index (χ2n) is 5.28. The SMILES string of the molecule is O=C(O)C1CCCCCC1Cc1ccc(Cl)cc1F. The number of carbonyl (C=O) groups is 1. The molecule has 1 aliphatic carbocycles. The van der Waals surface area contributed by atoms with Crippen molar-refractivity contribution in [3.63, 3.8) is 0 Å². The van der Waals surface area contributed by atoms with E-state index in [1.54, 1.807) is 12.1 Å². The number of benzene rings is 1. The number of halogens is 2. The first kappa shape index (κ1) is 14.3. The molecule has 2 atom stereocenters. The third-order valence-corrected chi connectivity index (χ3v) is 4.21. The standard InChI is InChI=1S/C15H18ClFO2/c16-12-7-6-11(14(17)9-12)8-10-4-2-1-3-5-13(10)15(18)19/h6-7,9-10,13H,1-5,8H2,(H,18,19). The Kier molecular flexibility index (Phi) is 4.81. The van der Waals surface area contributed by atoms with Gasteiger partial charge in [0.1, 0.15) is 5.82 Å². The topological polar surface area (TPSA) is 37.3 Å². The Bertz CT molecular complexity index is 461. The lowest BCUT2D eigenvalue weighted by Crippen LogP contribution is -2.24. The number of rotatable bonds is 3. The average molecular weight is 285 g/mol. The van der Waals surface area contributed by atoms with Crippen LogP contribution in [0.25, 0.3) is 0 Å². The van der Waals surface area contributed by atoms with E-state index in [4.69, 9.17) is 11.6 Å². The van der Waals surface area contributed by atoms with Gasteiger partial charge in [-0.05, 0) is 42.9 Å². The highest BCUT2D eigenvalue weighted by atomic mass is 35.5. The van der Waals surface area contributed by atoms with Gasteiger partial charge >= 0.3 is 5.97 Å². The van der Waals surface area contributed by atoms with Crippen LogP contribution in [0.2, 0.25) is 5.02 Å². The van der Waals surface area contributed by atoms with E-state index in [0.29, 0.717) is 23.4 Å². The van der Waals surface area contributed by atoms with Crippen molar-refractivity contribution in [3.05, 3.63) is 34.6 Å². The summed E-state index contributed by atoms with van der Waals surface area (Å²) in [5, 5.41) is 9.68. The number of hydrogen-bond donors (Lipinski definition) is 1. The molecular formula is C15H18ClFO2. The molecule has 0 aliphatic heterocycles. The van der Waals surface area contributed by atoms with Gasteiger partial charge in [0.05, 0.1) is 5.92 Å². The molecule has 104 valence electrons. The molecule has 1 saturated carbocycles. The van der Waals surface area contributed by atoms with Crippen molar-refractivity contribution in [1.82, 2.24) is 0 Å². The van der Waals surface area contributed by atoms with Crippen molar-refractivity contribution in [3.8, 4) is 0 Å². The molecular weight excluding hydrogens is 267 g/mol. The summed E-state index contributed by atoms with van der Waals surface area (Å²) in [7, 11) is 0. The highest BCUT2D eigenvalue weighted by Crippen LogP contribution is 2.32. The predicted molar refractivity (Wildman–Crippen MR) is 72.8 cm³/mol. The van der Waals surface area contributed by atoms with E-state index >= 15 is 0 Å². The Hall–Kier alpha value is -1.09. The molecule has 1 aliphatic rings. The van der Waals surface area contributed by atoms with Gasteiger partial charge in [-0.15, -0.1) is 0 Å². The summed E-state index contributed by atoms with van der Waals surface area (Å²) in [6.07, 6.45) is 5.11. The van der Waals surface area contributed by atoms with E-state index in [1.807, 2.05) is 0 Å². The van der Waals surface area contributed by atoms with Gasteiger partial charge in [0.25, 0.3) is 0 Å². The molecule has 4 heteroatoms. The average Bonchev–Trinajstić information content (AvgIpc) is 2.58. The highest BCUT2D eigenvalue weighted by Gasteiger charge is 2.30. The minimum absolute atomic E-state index is 0.0238. The minimum Gasteiger partial charge on any atom is -0.481 e. The van der Waals surface area contributed by atoms with Crippen LogP contribution in [0.4, 0.5) is 4.39 Å². The van der Waals surface area contributed by atoms with Crippen LogP contribution < -0.4 is 0 Å². The fourth-order valence-electron chi connectivity index (χ4n) is 2.92. The zero-order chi connectivity index (χ0) is 13.8. The summed E-state index contributed by atoms with van der Waals surface area (Å²) >= 11 is 5.73. The summed E-state index contributed by atoms with van der Waals surface area (Å²) in [5.74, 6) is -1.41. The van der Waals surface area contributed by atoms with Gasteiger partial charge in [0.15, 0.2) is 0 Å². The van der Waals surface area contributed by atoms with Gasteiger partial charge in [0.2, 0.25) is 0 Å². The summed E-state index contributed by atoms with van der Waals surface area (Å²) in [4.78, 5) is 11.3. The summed E-state index contributed by atoms with van der Waals surface area (Å²) in [6.45, 7) is 0. The lowest BCUT2D eigenvalue weighted by Gasteiger charge is -2.21. The molecule has 2 unspecified atom stereocenters. The summed E-state index contributed by atoms with van der Waals surface area (Å²) in [6, 6.07) is 4.62. The zero-order valence-corrected chi connectivity index (χ0v) is 11.5. The maximum atomic E-state index is 13.8. The highest BCUT2D eigenvalue weighted by molar-refractivity contribution is 6.30. The van der Waals surface area contributed by atoms with Crippen molar-refractivity contribution in [2.75, 3.05) is 0 Å². The Morgan fingerprint density at radius 3 is 2.74 bits per heavy atom. The van der Waals surface area contributed by atoms with Crippen LogP contribution in [-0.4, -0.2) is 11.1 Å². The fraction of sp³-hybridized carbons (Fsp3) is 0.533. The molecule has 19 heavy (non-hydrogen) atoms. The van der Waals surface area contributed by atoms with Gasteiger partial charge in [-0.25, -0.2) is 4.39 Å². The first-order valence-electron chi connectivity index (χ1n) is 6.74. The predicted octanol–water partition coefficient (Wildman–Crippen LogP) is 4.30. The largest absolute Gasteiger partial charge is 0.481 e. The first-order chi connectivity index (χ1) is 9.08. The second kappa shape index (κ2) is 6.38. The van der Waals surface area contributed by atoms with Crippen molar-refractivity contribution in [2.45, 2.75) is 38.5 Å².